The molecule has 6 heteroatoms. The Bertz CT molecular complexity index is 639. The van der Waals surface area contributed by atoms with E-state index in [0.29, 0.717) is 37.7 Å². The number of aliphatic hydroxyl groups is 1. The number of hydrogen-bond acceptors (Lipinski definition) is 3. The summed E-state index contributed by atoms with van der Waals surface area (Å²) in [5, 5.41) is 11.7. The second-order valence-corrected chi connectivity index (χ2v) is 5.61. The van der Waals surface area contributed by atoms with Crippen molar-refractivity contribution in [2.24, 2.45) is 0 Å². The standard InChI is InChI=1S/C15H13Cl3O3/c1-20-13-6-11(12(18)7-14(13)21-2)15(19)8-3-9(16)5-10(17)4-8/h3-7,15,19H,1-2H3. The lowest BCUT2D eigenvalue weighted by Gasteiger charge is -2.17. The first-order chi connectivity index (χ1) is 9.96. The molecule has 0 aliphatic carbocycles. The van der Waals surface area contributed by atoms with Gasteiger partial charge in [0, 0.05) is 21.7 Å². The first-order valence-electron chi connectivity index (χ1n) is 6.01. The van der Waals surface area contributed by atoms with Crippen molar-refractivity contribution in [3.8, 4) is 11.5 Å². The highest BCUT2D eigenvalue weighted by molar-refractivity contribution is 6.34. The quantitative estimate of drug-likeness (QED) is 0.867. The number of methoxy groups -OCH3 is 2. The maximum Gasteiger partial charge on any atom is 0.162 e. The predicted octanol–water partition coefficient (Wildman–Crippen LogP) is 4.75. The van der Waals surface area contributed by atoms with Gasteiger partial charge in [-0.05, 0) is 29.8 Å². The van der Waals surface area contributed by atoms with Crippen LogP contribution in [-0.2, 0) is 0 Å². The summed E-state index contributed by atoms with van der Waals surface area (Å²) >= 11 is 18.1. The fraction of sp³-hybridized carbons (Fsp3) is 0.200. The monoisotopic (exact) mass is 346 g/mol. The summed E-state index contributed by atoms with van der Waals surface area (Å²) in [5.74, 6) is 0.964. The SMILES string of the molecule is COc1cc(Cl)c(C(O)c2cc(Cl)cc(Cl)c2)cc1OC. The Morgan fingerprint density at radius 2 is 1.38 bits per heavy atom. The molecule has 1 N–H and O–H groups in total. The summed E-state index contributed by atoms with van der Waals surface area (Å²) in [4.78, 5) is 0. The Labute approximate surface area is 138 Å². The molecular formula is C15H13Cl3O3. The maximum absolute atomic E-state index is 10.5. The summed E-state index contributed by atoms with van der Waals surface area (Å²) < 4.78 is 10.4. The van der Waals surface area contributed by atoms with Crippen LogP contribution in [0.5, 0.6) is 11.5 Å². The van der Waals surface area contributed by atoms with Crippen LogP contribution in [0.25, 0.3) is 0 Å². The second kappa shape index (κ2) is 6.75. The van der Waals surface area contributed by atoms with Gasteiger partial charge in [-0.2, -0.15) is 0 Å². The minimum atomic E-state index is -0.978. The molecular weight excluding hydrogens is 335 g/mol. The molecule has 1 unspecified atom stereocenters. The first-order valence-corrected chi connectivity index (χ1v) is 7.15. The topological polar surface area (TPSA) is 38.7 Å². The molecule has 0 spiro atoms. The van der Waals surface area contributed by atoms with Gasteiger partial charge < -0.3 is 14.6 Å². The van der Waals surface area contributed by atoms with Gasteiger partial charge in [-0.1, -0.05) is 34.8 Å². The van der Waals surface area contributed by atoms with Crippen molar-refractivity contribution in [1.29, 1.82) is 0 Å². The van der Waals surface area contributed by atoms with E-state index in [1.54, 1.807) is 30.3 Å². The normalized spacial score (nSPS) is 12.1. The summed E-state index contributed by atoms with van der Waals surface area (Å²) in [5.41, 5.74) is 1.02. The van der Waals surface area contributed by atoms with Gasteiger partial charge in [0.1, 0.15) is 6.10 Å². The summed E-state index contributed by atoms with van der Waals surface area (Å²) in [6, 6.07) is 8.07. The molecule has 0 bridgehead atoms. The molecule has 0 fully saturated rings. The molecule has 21 heavy (non-hydrogen) atoms. The van der Waals surface area contributed by atoms with E-state index in [0.717, 1.165) is 0 Å². The van der Waals surface area contributed by atoms with Crippen LogP contribution in [0.4, 0.5) is 0 Å². The highest BCUT2D eigenvalue weighted by atomic mass is 35.5. The molecule has 112 valence electrons. The van der Waals surface area contributed by atoms with Gasteiger partial charge in [0.2, 0.25) is 0 Å². The number of hydrogen-bond donors (Lipinski definition) is 1. The van der Waals surface area contributed by atoms with Gasteiger partial charge in [0.15, 0.2) is 11.5 Å². The molecule has 0 aliphatic rings. The van der Waals surface area contributed by atoms with Crippen LogP contribution in [-0.4, -0.2) is 19.3 Å². The molecule has 0 saturated heterocycles. The van der Waals surface area contributed by atoms with Crippen molar-refractivity contribution in [1.82, 2.24) is 0 Å². The molecule has 2 rings (SSSR count). The van der Waals surface area contributed by atoms with E-state index >= 15 is 0 Å². The van der Waals surface area contributed by atoms with Crippen molar-refractivity contribution in [2.45, 2.75) is 6.10 Å². The second-order valence-electron chi connectivity index (χ2n) is 4.33. The van der Waals surface area contributed by atoms with Gasteiger partial charge in [0.05, 0.1) is 19.2 Å². The molecule has 2 aromatic rings. The Kier molecular flexibility index (Phi) is 5.22. The number of rotatable bonds is 4. The van der Waals surface area contributed by atoms with Gasteiger partial charge in [-0.3, -0.25) is 0 Å². The van der Waals surface area contributed by atoms with Gasteiger partial charge >= 0.3 is 0 Å². The lowest BCUT2D eigenvalue weighted by Crippen LogP contribution is -2.02. The van der Waals surface area contributed by atoms with Crippen molar-refractivity contribution in [3.05, 3.63) is 56.5 Å². The smallest absolute Gasteiger partial charge is 0.162 e. The van der Waals surface area contributed by atoms with Crippen LogP contribution in [0.2, 0.25) is 15.1 Å². The van der Waals surface area contributed by atoms with Crippen LogP contribution in [0.1, 0.15) is 17.2 Å². The van der Waals surface area contributed by atoms with E-state index in [1.165, 1.54) is 14.2 Å². The molecule has 0 heterocycles. The van der Waals surface area contributed by atoms with Crippen molar-refractivity contribution >= 4 is 34.8 Å². The summed E-state index contributed by atoms with van der Waals surface area (Å²) in [6.07, 6.45) is -0.978. The third kappa shape index (κ3) is 3.55. The Balaban J connectivity index is 2.49. The molecule has 0 aliphatic heterocycles. The lowest BCUT2D eigenvalue weighted by molar-refractivity contribution is 0.219. The van der Waals surface area contributed by atoms with E-state index in [1.807, 2.05) is 0 Å². The van der Waals surface area contributed by atoms with Crippen LogP contribution in [0, 0.1) is 0 Å². The van der Waals surface area contributed by atoms with Crippen molar-refractivity contribution < 1.29 is 14.6 Å². The van der Waals surface area contributed by atoms with E-state index in [2.05, 4.69) is 0 Å². The molecule has 0 radical (unpaired) electrons. The van der Waals surface area contributed by atoms with Gasteiger partial charge in [-0.15, -0.1) is 0 Å². The lowest BCUT2D eigenvalue weighted by atomic mass is 10.0. The molecule has 0 saturated carbocycles. The Morgan fingerprint density at radius 3 is 1.90 bits per heavy atom. The number of ether oxygens (including phenoxy) is 2. The van der Waals surface area contributed by atoms with Crippen molar-refractivity contribution in [2.75, 3.05) is 14.2 Å². The van der Waals surface area contributed by atoms with E-state index in [9.17, 15) is 5.11 Å². The third-order valence-corrected chi connectivity index (χ3v) is 3.76. The minimum absolute atomic E-state index is 0.358. The van der Waals surface area contributed by atoms with E-state index in [4.69, 9.17) is 44.3 Å². The summed E-state index contributed by atoms with van der Waals surface area (Å²) in [6.45, 7) is 0. The highest BCUT2D eigenvalue weighted by Crippen LogP contribution is 2.38. The first kappa shape index (κ1) is 16.2. The zero-order valence-electron chi connectivity index (χ0n) is 11.4. The van der Waals surface area contributed by atoms with Crippen molar-refractivity contribution in [3.63, 3.8) is 0 Å². The molecule has 1 atom stereocenters. The third-order valence-electron chi connectivity index (χ3n) is 3.00. The van der Waals surface area contributed by atoms with E-state index in [-0.39, 0.29) is 0 Å². The number of halogens is 3. The molecule has 3 nitrogen and oxygen atoms in total. The minimum Gasteiger partial charge on any atom is -0.493 e. The molecule has 0 aromatic heterocycles. The maximum atomic E-state index is 10.5. The average molecular weight is 348 g/mol. The predicted molar refractivity (Wildman–Crippen MR) is 85.1 cm³/mol. The van der Waals surface area contributed by atoms with Crippen LogP contribution in [0.3, 0.4) is 0 Å². The van der Waals surface area contributed by atoms with E-state index < -0.39 is 6.10 Å². The zero-order chi connectivity index (χ0) is 15.6. The zero-order valence-corrected chi connectivity index (χ0v) is 13.6. The fourth-order valence-corrected chi connectivity index (χ4v) is 2.79. The van der Waals surface area contributed by atoms with Crippen LogP contribution in [0.15, 0.2) is 30.3 Å². The summed E-state index contributed by atoms with van der Waals surface area (Å²) in [7, 11) is 3.03. The Morgan fingerprint density at radius 1 is 0.857 bits per heavy atom. The number of aliphatic hydroxyl groups excluding tert-OH is 1. The van der Waals surface area contributed by atoms with Crippen LogP contribution >= 0.6 is 34.8 Å². The van der Waals surface area contributed by atoms with Crippen LogP contribution < -0.4 is 9.47 Å². The highest BCUT2D eigenvalue weighted by Gasteiger charge is 2.18. The molecule has 0 amide bonds. The largest absolute Gasteiger partial charge is 0.493 e. The van der Waals surface area contributed by atoms with Gasteiger partial charge in [-0.25, -0.2) is 0 Å². The number of benzene rings is 2. The fourth-order valence-electron chi connectivity index (χ4n) is 1.99. The Hall–Kier alpha value is -1.13. The molecule has 2 aromatic carbocycles. The van der Waals surface area contributed by atoms with Gasteiger partial charge in [0.25, 0.3) is 0 Å². The average Bonchev–Trinajstić information content (AvgIpc) is 2.45.